The Morgan fingerprint density at radius 3 is 2.62 bits per heavy atom. The molecule has 0 saturated heterocycles. The predicted octanol–water partition coefficient (Wildman–Crippen LogP) is 2.57. The Bertz CT molecular complexity index is 454. The molecule has 0 spiro atoms. The zero-order valence-electron chi connectivity index (χ0n) is 9.36. The van der Waals surface area contributed by atoms with Crippen LogP contribution in [0.2, 0.25) is 0 Å². The molecule has 1 aromatic carbocycles. The standard InChI is InChI=1S/C11H15BrO3S/c1-3-16(13,14)7-6-15-10-4-5-11(12)9(2)8-10/h4-5,8H,3,6-7H2,1-2H3. The number of sulfone groups is 1. The van der Waals surface area contributed by atoms with E-state index in [9.17, 15) is 8.42 Å². The first-order valence-corrected chi connectivity index (χ1v) is 7.65. The lowest BCUT2D eigenvalue weighted by Crippen LogP contribution is -2.15. The molecular weight excluding hydrogens is 292 g/mol. The van der Waals surface area contributed by atoms with Gasteiger partial charge in [-0.3, -0.25) is 0 Å². The largest absolute Gasteiger partial charge is 0.493 e. The van der Waals surface area contributed by atoms with Crippen LogP contribution in [0.25, 0.3) is 0 Å². The molecule has 1 rings (SSSR count). The number of hydrogen-bond donors (Lipinski definition) is 0. The highest BCUT2D eigenvalue weighted by atomic mass is 79.9. The lowest BCUT2D eigenvalue weighted by Gasteiger charge is -2.07. The van der Waals surface area contributed by atoms with Crippen LogP contribution >= 0.6 is 15.9 Å². The maximum Gasteiger partial charge on any atom is 0.153 e. The quantitative estimate of drug-likeness (QED) is 0.840. The van der Waals surface area contributed by atoms with Crippen molar-refractivity contribution in [3.8, 4) is 5.75 Å². The third-order valence-electron chi connectivity index (χ3n) is 2.23. The van der Waals surface area contributed by atoms with Crippen LogP contribution in [0, 0.1) is 6.92 Å². The van der Waals surface area contributed by atoms with E-state index in [1.807, 2.05) is 25.1 Å². The molecule has 90 valence electrons. The summed E-state index contributed by atoms with van der Waals surface area (Å²) in [5.74, 6) is 0.931. The van der Waals surface area contributed by atoms with Crippen molar-refractivity contribution < 1.29 is 13.2 Å². The molecule has 0 saturated carbocycles. The Morgan fingerprint density at radius 2 is 2.06 bits per heavy atom. The molecular formula is C11H15BrO3S. The van der Waals surface area contributed by atoms with Crippen molar-refractivity contribution >= 4 is 25.8 Å². The summed E-state index contributed by atoms with van der Waals surface area (Å²) in [6.45, 7) is 3.80. The fourth-order valence-corrected chi connectivity index (χ4v) is 2.01. The minimum absolute atomic E-state index is 0.0681. The van der Waals surface area contributed by atoms with Crippen LogP contribution in [0.3, 0.4) is 0 Å². The fraction of sp³-hybridized carbons (Fsp3) is 0.455. The minimum atomic E-state index is -2.94. The van der Waals surface area contributed by atoms with Gasteiger partial charge >= 0.3 is 0 Å². The van der Waals surface area contributed by atoms with Gasteiger partial charge in [-0.15, -0.1) is 0 Å². The second-order valence-electron chi connectivity index (χ2n) is 3.50. The summed E-state index contributed by atoms with van der Waals surface area (Å²) in [6.07, 6.45) is 0. The van der Waals surface area contributed by atoms with Gasteiger partial charge in [-0.25, -0.2) is 8.42 Å². The molecule has 0 aromatic heterocycles. The number of ether oxygens (including phenoxy) is 1. The average Bonchev–Trinajstić information content (AvgIpc) is 2.23. The molecule has 3 nitrogen and oxygen atoms in total. The molecule has 0 aliphatic heterocycles. The second-order valence-corrected chi connectivity index (χ2v) is 6.82. The number of rotatable bonds is 5. The van der Waals surface area contributed by atoms with Crippen LogP contribution in [0.15, 0.2) is 22.7 Å². The highest BCUT2D eigenvalue weighted by molar-refractivity contribution is 9.10. The normalized spacial score (nSPS) is 11.4. The Kier molecular flexibility index (Phi) is 4.80. The third kappa shape index (κ3) is 4.14. The molecule has 0 unspecified atom stereocenters. The smallest absolute Gasteiger partial charge is 0.153 e. The van der Waals surface area contributed by atoms with Gasteiger partial charge < -0.3 is 4.74 Å². The van der Waals surface area contributed by atoms with E-state index >= 15 is 0 Å². The molecule has 0 heterocycles. The molecule has 0 fully saturated rings. The molecule has 0 aliphatic carbocycles. The van der Waals surface area contributed by atoms with Crippen molar-refractivity contribution in [2.24, 2.45) is 0 Å². The van der Waals surface area contributed by atoms with Crippen LogP contribution in [-0.2, 0) is 9.84 Å². The van der Waals surface area contributed by atoms with Gasteiger partial charge in [-0.2, -0.15) is 0 Å². The highest BCUT2D eigenvalue weighted by Crippen LogP contribution is 2.21. The molecule has 1 aromatic rings. The summed E-state index contributed by atoms with van der Waals surface area (Å²) in [5, 5.41) is 0. The summed E-state index contributed by atoms with van der Waals surface area (Å²) < 4.78 is 28.8. The molecule has 0 atom stereocenters. The topological polar surface area (TPSA) is 43.4 Å². The SMILES string of the molecule is CCS(=O)(=O)CCOc1ccc(Br)c(C)c1. The molecule has 0 radical (unpaired) electrons. The van der Waals surface area contributed by atoms with Crippen LogP contribution in [0.5, 0.6) is 5.75 Å². The summed E-state index contributed by atoms with van der Waals surface area (Å²) in [7, 11) is -2.94. The lowest BCUT2D eigenvalue weighted by molar-refractivity contribution is 0.340. The minimum Gasteiger partial charge on any atom is -0.493 e. The van der Waals surface area contributed by atoms with E-state index in [1.54, 1.807) is 6.92 Å². The molecule has 0 bridgehead atoms. The van der Waals surface area contributed by atoms with E-state index < -0.39 is 9.84 Å². The fourth-order valence-electron chi connectivity index (χ4n) is 1.14. The maximum absolute atomic E-state index is 11.2. The summed E-state index contributed by atoms with van der Waals surface area (Å²) in [6, 6.07) is 5.58. The van der Waals surface area contributed by atoms with Gasteiger partial charge in [0.15, 0.2) is 9.84 Å². The molecule has 0 amide bonds. The Hall–Kier alpha value is -0.550. The van der Waals surface area contributed by atoms with Gasteiger partial charge in [-0.1, -0.05) is 22.9 Å². The highest BCUT2D eigenvalue weighted by Gasteiger charge is 2.07. The second kappa shape index (κ2) is 5.68. The molecule has 16 heavy (non-hydrogen) atoms. The van der Waals surface area contributed by atoms with Crippen LogP contribution < -0.4 is 4.74 Å². The third-order valence-corrected chi connectivity index (χ3v) is 4.79. The number of benzene rings is 1. The predicted molar refractivity (Wildman–Crippen MR) is 68.7 cm³/mol. The zero-order chi connectivity index (χ0) is 12.2. The average molecular weight is 307 g/mol. The van der Waals surface area contributed by atoms with Crippen molar-refractivity contribution in [3.63, 3.8) is 0 Å². The first-order chi connectivity index (χ1) is 7.44. The van der Waals surface area contributed by atoms with Crippen LogP contribution in [0.4, 0.5) is 0 Å². The Labute approximate surface area is 105 Å². The van der Waals surface area contributed by atoms with Crippen LogP contribution in [0.1, 0.15) is 12.5 Å². The monoisotopic (exact) mass is 306 g/mol. The van der Waals surface area contributed by atoms with E-state index in [2.05, 4.69) is 15.9 Å². The van der Waals surface area contributed by atoms with Gasteiger partial charge in [0.05, 0.1) is 5.75 Å². The van der Waals surface area contributed by atoms with E-state index in [0.29, 0.717) is 5.75 Å². The van der Waals surface area contributed by atoms with Gasteiger partial charge in [0.2, 0.25) is 0 Å². The van der Waals surface area contributed by atoms with E-state index in [0.717, 1.165) is 10.0 Å². The van der Waals surface area contributed by atoms with Crippen molar-refractivity contribution in [3.05, 3.63) is 28.2 Å². The van der Waals surface area contributed by atoms with Gasteiger partial charge in [0.1, 0.15) is 12.4 Å². The van der Waals surface area contributed by atoms with Gasteiger partial charge in [-0.05, 0) is 30.7 Å². The Morgan fingerprint density at radius 1 is 1.38 bits per heavy atom. The summed E-state index contributed by atoms with van der Waals surface area (Å²) >= 11 is 3.39. The van der Waals surface area contributed by atoms with Crippen LogP contribution in [-0.4, -0.2) is 26.5 Å². The number of halogens is 1. The van der Waals surface area contributed by atoms with Crippen molar-refractivity contribution in [2.75, 3.05) is 18.1 Å². The van der Waals surface area contributed by atoms with Crippen molar-refractivity contribution in [2.45, 2.75) is 13.8 Å². The van der Waals surface area contributed by atoms with Crippen molar-refractivity contribution in [1.29, 1.82) is 0 Å². The van der Waals surface area contributed by atoms with E-state index in [1.165, 1.54) is 0 Å². The first-order valence-electron chi connectivity index (χ1n) is 5.04. The first kappa shape index (κ1) is 13.5. The lowest BCUT2D eigenvalue weighted by atomic mass is 10.2. The van der Waals surface area contributed by atoms with Crippen molar-refractivity contribution in [1.82, 2.24) is 0 Å². The number of hydrogen-bond acceptors (Lipinski definition) is 3. The van der Waals surface area contributed by atoms with E-state index in [4.69, 9.17) is 4.74 Å². The summed E-state index contributed by atoms with van der Waals surface area (Å²) in [5.41, 5.74) is 1.07. The summed E-state index contributed by atoms with van der Waals surface area (Å²) in [4.78, 5) is 0. The van der Waals surface area contributed by atoms with Gasteiger partial charge in [0.25, 0.3) is 0 Å². The molecule has 5 heteroatoms. The maximum atomic E-state index is 11.2. The number of aryl methyl sites for hydroxylation is 1. The molecule has 0 N–H and O–H groups in total. The Balaban J connectivity index is 2.53. The van der Waals surface area contributed by atoms with Gasteiger partial charge in [0, 0.05) is 10.2 Å². The molecule has 0 aliphatic rings. The van der Waals surface area contributed by atoms with E-state index in [-0.39, 0.29) is 18.1 Å². The zero-order valence-corrected chi connectivity index (χ0v) is 11.8.